The normalized spacial score (nSPS) is 32.5. The average Bonchev–Trinajstić information content (AvgIpc) is 3.23. The summed E-state index contributed by atoms with van der Waals surface area (Å²) in [5, 5.41) is 11.1. The van der Waals surface area contributed by atoms with Gasteiger partial charge in [-0.2, -0.15) is 0 Å². The van der Waals surface area contributed by atoms with Gasteiger partial charge in [0.05, 0.1) is 4.92 Å². The number of benzene rings is 1. The van der Waals surface area contributed by atoms with Crippen molar-refractivity contribution in [3.63, 3.8) is 0 Å². The highest BCUT2D eigenvalue weighted by molar-refractivity contribution is 7.89. The molecule has 0 amide bonds. The van der Waals surface area contributed by atoms with Gasteiger partial charge in [0, 0.05) is 18.3 Å². The van der Waals surface area contributed by atoms with Crippen LogP contribution in [0, 0.1) is 27.9 Å². The first-order chi connectivity index (χ1) is 10.5. The molecule has 0 aromatic heterocycles. The zero-order valence-corrected chi connectivity index (χ0v) is 12.6. The Kier molecular flexibility index (Phi) is 2.84. The molecule has 6 nitrogen and oxygen atoms in total. The summed E-state index contributed by atoms with van der Waals surface area (Å²) in [5.74, 6) is 1.50. The van der Waals surface area contributed by atoms with E-state index in [1.807, 2.05) is 6.08 Å². The van der Waals surface area contributed by atoms with E-state index >= 15 is 0 Å². The van der Waals surface area contributed by atoms with Crippen LogP contribution in [0.1, 0.15) is 19.3 Å². The Bertz CT molecular complexity index is 774. The van der Waals surface area contributed by atoms with Crippen LogP contribution in [0.2, 0.25) is 0 Å². The van der Waals surface area contributed by atoms with Crippen LogP contribution in [0.4, 0.5) is 5.69 Å². The molecular formula is C15H16N2O4S. The van der Waals surface area contributed by atoms with E-state index in [2.05, 4.69) is 0 Å². The Morgan fingerprint density at radius 3 is 2.77 bits per heavy atom. The molecule has 0 N–H and O–H groups in total. The van der Waals surface area contributed by atoms with Crippen molar-refractivity contribution >= 4 is 15.7 Å². The smallest absolute Gasteiger partial charge is 0.270 e. The van der Waals surface area contributed by atoms with Crippen molar-refractivity contribution in [3.05, 3.63) is 46.7 Å². The summed E-state index contributed by atoms with van der Waals surface area (Å²) in [5.41, 5.74) is -0.360. The summed E-state index contributed by atoms with van der Waals surface area (Å²) in [6.07, 6.45) is 6.61. The summed E-state index contributed by atoms with van der Waals surface area (Å²) in [6.45, 7) is 0. The first kappa shape index (κ1) is 13.8. The van der Waals surface area contributed by atoms with Crippen molar-refractivity contribution in [3.8, 4) is 0 Å². The first-order valence-electron chi connectivity index (χ1n) is 7.47. The largest absolute Gasteiger partial charge is 0.289 e. The molecule has 2 fully saturated rings. The number of hydrogen-bond donors (Lipinski definition) is 0. The number of nitrogens with zero attached hydrogens (tertiary/aromatic N) is 2. The highest BCUT2D eigenvalue weighted by Gasteiger charge is 2.59. The molecule has 4 atom stereocenters. The predicted molar refractivity (Wildman–Crippen MR) is 79.4 cm³/mol. The SMILES string of the molecule is O=[N+]([O-])c1ccccc1S(=O)(=O)N1C=CC2C3CCC[C@H]1[C@H]23. The van der Waals surface area contributed by atoms with Crippen LogP contribution in [0.5, 0.6) is 0 Å². The number of fused-ring (bicyclic) bond motifs is 1. The molecule has 0 radical (unpaired) electrons. The van der Waals surface area contributed by atoms with Crippen molar-refractivity contribution in [2.45, 2.75) is 30.2 Å². The number of para-hydroxylation sites is 1. The number of nitro benzene ring substituents is 1. The van der Waals surface area contributed by atoms with Crippen molar-refractivity contribution in [2.75, 3.05) is 0 Å². The Morgan fingerprint density at radius 1 is 1.23 bits per heavy atom. The molecule has 0 spiro atoms. The van der Waals surface area contributed by atoms with Gasteiger partial charge in [-0.25, -0.2) is 8.42 Å². The minimum Gasteiger partial charge on any atom is -0.270 e. The molecule has 2 aliphatic carbocycles. The van der Waals surface area contributed by atoms with Crippen molar-refractivity contribution in [1.82, 2.24) is 4.31 Å². The molecule has 1 aromatic carbocycles. The van der Waals surface area contributed by atoms with Gasteiger partial charge in [0.25, 0.3) is 15.7 Å². The minimum absolute atomic E-state index is 0.0430. The van der Waals surface area contributed by atoms with Gasteiger partial charge in [-0.15, -0.1) is 0 Å². The summed E-state index contributed by atoms with van der Waals surface area (Å²) >= 11 is 0. The third-order valence-electron chi connectivity index (χ3n) is 5.17. The van der Waals surface area contributed by atoms with E-state index in [0.29, 0.717) is 17.8 Å². The zero-order valence-electron chi connectivity index (χ0n) is 11.8. The molecule has 116 valence electrons. The second-order valence-corrected chi connectivity index (χ2v) is 8.03. The molecule has 7 heteroatoms. The van der Waals surface area contributed by atoms with Crippen LogP contribution in [0.25, 0.3) is 0 Å². The van der Waals surface area contributed by atoms with Crippen LogP contribution >= 0.6 is 0 Å². The fourth-order valence-corrected chi connectivity index (χ4v) is 5.89. The highest BCUT2D eigenvalue weighted by Crippen LogP contribution is 2.60. The van der Waals surface area contributed by atoms with Crippen LogP contribution in [-0.4, -0.2) is 23.7 Å². The van der Waals surface area contributed by atoms with E-state index in [9.17, 15) is 18.5 Å². The van der Waals surface area contributed by atoms with Gasteiger partial charge in [0.1, 0.15) is 0 Å². The molecule has 0 saturated heterocycles. The molecule has 4 rings (SSSR count). The lowest BCUT2D eigenvalue weighted by atomic mass is 9.95. The molecule has 0 bridgehead atoms. The van der Waals surface area contributed by atoms with Gasteiger partial charge < -0.3 is 0 Å². The van der Waals surface area contributed by atoms with Gasteiger partial charge in [0.2, 0.25) is 0 Å². The second-order valence-electron chi connectivity index (χ2n) is 6.22. The number of allylic oxidation sites excluding steroid dienone is 1. The summed E-state index contributed by atoms with van der Waals surface area (Å²) in [6, 6.07) is 5.53. The van der Waals surface area contributed by atoms with Gasteiger partial charge in [-0.1, -0.05) is 24.6 Å². The average molecular weight is 320 g/mol. The predicted octanol–water partition coefficient (Wildman–Crippen LogP) is 2.53. The van der Waals surface area contributed by atoms with E-state index in [1.54, 1.807) is 6.20 Å². The maximum atomic E-state index is 12.9. The maximum absolute atomic E-state index is 12.9. The maximum Gasteiger partial charge on any atom is 0.289 e. The van der Waals surface area contributed by atoms with Gasteiger partial charge >= 0.3 is 0 Å². The van der Waals surface area contributed by atoms with Crippen LogP contribution in [-0.2, 0) is 10.0 Å². The minimum atomic E-state index is -3.89. The van der Waals surface area contributed by atoms with E-state index < -0.39 is 14.9 Å². The van der Waals surface area contributed by atoms with Crippen molar-refractivity contribution in [1.29, 1.82) is 0 Å². The van der Waals surface area contributed by atoms with Gasteiger partial charge in [-0.05, 0) is 36.7 Å². The Hall–Kier alpha value is -1.89. The molecule has 1 heterocycles. The summed E-state index contributed by atoms with van der Waals surface area (Å²) < 4.78 is 27.3. The lowest BCUT2D eigenvalue weighted by molar-refractivity contribution is -0.387. The van der Waals surface area contributed by atoms with E-state index in [0.717, 1.165) is 19.3 Å². The first-order valence-corrected chi connectivity index (χ1v) is 8.91. The second kappa shape index (κ2) is 4.55. The van der Waals surface area contributed by atoms with E-state index in [1.165, 1.54) is 28.6 Å². The van der Waals surface area contributed by atoms with Crippen LogP contribution < -0.4 is 0 Å². The van der Waals surface area contributed by atoms with Crippen molar-refractivity contribution < 1.29 is 13.3 Å². The number of nitro groups is 1. The number of hydrogen-bond acceptors (Lipinski definition) is 4. The van der Waals surface area contributed by atoms with Gasteiger partial charge in [0.15, 0.2) is 4.90 Å². The van der Waals surface area contributed by atoms with E-state index in [-0.39, 0.29) is 16.6 Å². The fraction of sp³-hybridized carbons (Fsp3) is 0.467. The topological polar surface area (TPSA) is 80.5 Å². The number of sulfonamides is 1. The molecule has 22 heavy (non-hydrogen) atoms. The molecule has 3 aliphatic rings. The quantitative estimate of drug-likeness (QED) is 0.633. The molecule has 1 aromatic rings. The molecule has 2 saturated carbocycles. The molecule has 1 aliphatic heterocycles. The summed E-state index contributed by atoms with van der Waals surface area (Å²) in [4.78, 5) is 10.3. The Labute approximate surface area is 128 Å². The lowest BCUT2D eigenvalue weighted by Gasteiger charge is -2.33. The highest BCUT2D eigenvalue weighted by atomic mass is 32.2. The fourth-order valence-electron chi connectivity index (χ4n) is 4.17. The number of rotatable bonds is 3. The zero-order chi connectivity index (χ0) is 15.5. The van der Waals surface area contributed by atoms with Crippen LogP contribution in [0.3, 0.4) is 0 Å². The van der Waals surface area contributed by atoms with Gasteiger partial charge in [-0.3, -0.25) is 14.4 Å². The monoisotopic (exact) mass is 320 g/mol. The third-order valence-corrected chi connectivity index (χ3v) is 7.02. The standard InChI is InChI=1S/C15H16N2O4S/c18-17(19)12-5-1-2-7-14(12)22(20,21)16-9-8-11-10-4-3-6-13(16)15(10)11/h1-2,5,7-11,13,15H,3-4,6H2/t10?,11?,13-,15-/m0/s1. The lowest BCUT2D eigenvalue weighted by Crippen LogP contribution is -2.40. The Morgan fingerprint density at radius 2 is 2.00 bits per heavy atom. The molecule has 2 unspecified atom stereocenters. The Balaban J connectivity index is 1.77. The summed E-state index contributed by atoms with van der Waals surface area (Å²) in [7, 11) is -3.89. The van der Waals surface area contributed by atoms with E-state index in [4.69, 9.17) is 0 Å². The van der Waals surface area contributed by atoms with Crippen LogP contribution in [0.15, 0.2) is 41.4 Å². The molecular weight excluding hydrogens is 304 g/mol. The third kappa shape index (κ3) is 1.81. The van der Waals surface area contributed by atoms with Crippen molar-refractivity contribution in [2.24, 2.45) is 17.8 Å².